The molecule has 1 saturated heterocycles. The first-order valence-corrected chi connectivity index (χ1v) is 8.86. The van der Waals surface area contributed by atoms with Crippen LogP contribution in [0.1, 0.15) is 30.5 Å². The van der Waals surface area contributed by atoms with Gasteiger partial charge >= 0.3 is 0 Å². The van der Waals surface area contributed by atoms with E-state index in [0.29, 0.717) is 18.8 Å². The molecule has 4 rings (SSSR count). The molecule has 126 valence electrons. The lowest BCUT2D eigenvalue weighted by Crippen LogP contribution is -2.47. The summed E-state index contributed by atoms with van der Waals surface area (Å²) in [5.41, 5.74) is 2.29. The summed E-state index contributed by atoms with van der Waals surface area (Å²) in [6.45, 7) is 3.42. The number of fused-ring (bicyclic) bond motifs is 1. The number of hydrogen-bond acceptors (Lipinski definition) is 4. The second kappa shape index (κ2) is 7.32. The minimum absolute atomic E-state index is 0.458. The van der Waals surface area contributed by atoms with Crippen LogP contribution in [0.3, 0.4) is 0 Å². The van der Waals surface area contributed by atoms with Gasteiger partial charge in [0.25, 0.3) is 0 Å². The molecule has 0 bridgehead atoms. The molecule has 1 aromatic carbocycles. The standard InChI is InChI=1S/C20H24N2O2/c1-2-11-21-17(4-1)15-24-18-9-7-16(8-10-18)14-22-12-13-23-20-6-3-5-19(20)22/h1-2,4,7-11,19-20H,3,5-6,12-15H2. The molecule has 1 aliphatic heterocycles. The van der Waals surface area contributed by atoms with E-state index >= 15 is 0 Å². The Morgan fingerprint density at radius 1 is 1.12 bits per heavy atom. The zero-order valence-electron chi connectivity index (χ0n) is 13.9. The lowest BCUT2D eigenvalue weighted by atomic mass is 10.1. The molecular formula is C20H24N2O2. The fraction of sp³-hybridized carbons (Fsp3) is 0.450. The topological polar surface area (TPSA) is 34.6 Å². The fourth-order valence-electron chi connectivity index (χ4n) is 3.77. The van der Waals surface area contributed by atoms with Gasteiger partial charge in [-0.05, 0) is 49.1 Å². The molecule has 0 spiro atoms. The lowest BCUT2D eigenvalue weighted by molar-refractivity contribution is -0.0588. The molecule has 24 heavy (non-hydrogen) atoms. The molecule has 0 N–H and O–H groups in total. The first-order valence-electron chi connectivity index (χ1n) is 8.86. The molecule has 2 heterocycles. The van der Waals surface area contributed by atoms with Crippen LogP contribution in [-0.4, -0.2) is 35.2 Å². The Hall–Kier alpha value is -1.91. The van der Waals surface area contributed by atoms with Crippen LogP contribution in [0.15, 0.2) is 48.7 Å². The van der Waals surface area contributed by atoms with Gasteiger partial charge < -0.3 is 9.47 Å². The van der Waals surface area contributed by atoms with E-state index in [4.69, 9.17) is 9.47 Å². The van der Waals surface area contributed by atoms with Gasteiger partial charge in [0, 0.05) is 25.3 Å². The maximum absolute atomic E-state index is 5.90. The molecule has 4 nitrogen and oxygen atoms in total. The highest BCUT2D eigenvalue weighted by Gasteiger charge is 2.35. The Labute approximate surface area is 143 Å². The third-order valence-corrected chi connectivity index (χ3v) is 5.02. The van der Waals surface area contributed by atoms with Crippen LogP contribution in [0.25, 0.3) is 0 Å². The van der Waals surface area contributed by atoms with Gasteiger partial charge in [-0.3, -0.25) is 9.88 Å². The Kier molecular flexibility index (Phi) is 4.76. The Balaban J connectivity index is 1.34. The average Bonchev–Trinajstić information content (AvgIpc) is 3.12. The lowest BCUT2D eigenvalue weighted by Gasteiger charge is -2.37. The van der Waals surface area contributed by atoms with Crippen LogP contribution in [0.4, 0.5) is 0 Å². The number of ether oxygens (including phenoxy) is 2. The maximum atomic E-state index is 5.90. The van der Waals surface area contributed by atoms with Crippen LogP contribution in [-0.2, 0) is 17.9 Å². The molecule has 0 radical (unpaired) electrons. The number of benzene rings is 1. The predicted octanol–water partition coefficient (Wildman–Crippen LogP) is 3.41. The van der Waals surface area contributed by atoms with E-state index in [1.807, 2.05) is 18.2 Å². The first kappa shape index (κ1) is 15.6. The monoisotopic (exact) mass is 324 g/mol. The van der Waals surface area contributed by atoms with Crippen LogP contribution < -0.4 is 4.74 Å². The van der Waals surface area contributed by atoms with Crippen molar-refractivity contribution in [1.82, 2.24) is 9.88 Å². The molecule has 1 saturated carbocycles. The number of aromatic nitrogens is 1. The van der Waals surface area contributed by atoms with Crippen LogP contribution in [0, 0.1) is 0 Å². The molecule has 1 aromatic heterocycles. The van der Waals surface area contributed by atoms with E-state index in [0.717, 1.165) is 31.1 Å². The van der Waals surface area contributed by atoms with Crippen molar-refractivity contribution in [2.75, 3.05) is 13.2 Å². The SMILES string of the molecule is c1ccc(COc2ccc(CN3CCOC4CCCC43)cc2)nc1. The van der Waals surface area contributed by atoms with Crippen LogP contribution in [0.2, 0.25) is 0 Å². The average molecular weight is 324 g/mol. The minimum atomic E-state index is 0.458. The van der Waals surface area contributed by atoms with E-state index in [1.54, 1.807) is 6.20 Å². The first-order chi connectivity index (χ1) is 11.9. The van der Waals surface area contributed by atoms with E-state index in [2.05, 4.69) is 34.1 Å². The van der Waals surface area contributed by atoms with Crippen molar-refractivity contribution in [3.63, 3.8) is 0 Å². The largest absolute Gasteiger partial charge is 0.487 e. The predicted molar refractivity (Wildman–Crippen MR) is 92.8 cm³/mol. The molecule has 2 unspecified atom stereocenters. The molecule has 2 atom stereocenters. The quantitative estimate of drug-likeness (QED) is 0.844. The highest BCUT2D eigenvalue weighted by molar-refractivity contribution is 5.27. The molecule has 2 aromatic rings. The number of hydrogen-bond donors (Lipinski definition) is 0. The van der Waals surface area contributed by atoms with Crippen molar-refractivity contribution < 1.29 is 9.47 Å². The van der Waals surface area contributed by atoms with Gasteiger partial charge in [-0.25, -0.2) is 0 Å². The van der Waals surface area contributed by atoms with Gasteiger partial charge in [-0.15, -0.1) is 0 Å². The summed E-state index contributed by atoms with van der Waals surface area (Å²) in [6.07, 6.45) is 6.05. The summed E-state index contributed by atoms with van der Waals surface area (Å²) in [5, 5.41) is 0. The van der Waals surface area contributed by atoms with Crippen molar-refractivity contribution in [2.24, 2.45) is 0 Å². The molecule has 1 aliphatic carbocycles. The highest BCUT2D eigenvalue weighted by Crippen LogP contribution is 2.30. The minimum Gasteiger partial charge on any atom is -0.487 e. The Morgan fingerprint density at radius 3 is 2.88 bits per heavy atom. The van der Waals surface area contributed by atoms with E-state index in [1.165, 1.54) is 24.8 Å². The van der Waals surface area contributed by atoms with Gasteiger partial charge in [-0.1, -0.05) is 18.2 Å². The van der Waals surface area contributed by atoms with Crippen molar-refractivity contribution in [3.8, 4) is 5.75 Å². The molecule has 2 aliphatic rings. The summed E-state index contributed by atoms with van der Waals surface area (Å²) in [7, 11) is 0. The van der Waals surface area contributed by atoms with Crippen molar-refractivity contribution in [3.05, 3.63) is 59.9 Å². The van der Waals surface area contributed by atoms with Crippen LogP contribution >= 0.6 is 0 Å². The fourth-order valence-corrected chi connectivity index (χ4v) is 3.77. The summed E-state index contributed by atoms with van der Waals surface area (Å²) >= 11 is 0. The normalized spacial score (nSPS) is 23.8. The van der Waals surface area contributed by atoms with E-state index < -0.39 is 0 Å². The van der Waals surface area contributed by atoms with Crippen molar-refractivity contribution in [1.29, 1.82) is 0 Å². The third-order valence-electron chi connectivity index (χ3n) is 5.02. The zero-order valence-corrected chi connectivity index (χ0v) is 13.9. The molecular weight excluding hydrogens is 300 g/mol. The maximum Gasteiger partial charge on any atom is 0.130 e. The highest BCUT2D eigenvalue weighted by atomic mass is 16.5. The van der Waals surface area contributed by atoms with Crippen LogP contribution in [0.5, 0.6) is 5.75 Å². The summed E-state index contributed by atoms with van der Waals surface area (Å²) < 4.78 is 11.7. The van der Waals surface area contributed by atoms with Gasteiger partial charge in [0.15, 0.2) is 0 Å². The summed E-state index contributed by atoms with van der Waals surface area (Å²) in [6, 6.07) is 15.0. The van der Waals surface area contributed by atoms with Gasteiger partial charge in [0.1, 0.15) is 12.4 Å². The smallest absolute Gasteiger partial charge is 0.130 e. The number of pyridine rings is 1. The van der Waals surface area contributed by atoms with E-state index in [9.17, 15) is 0 Å². The van der Waals surface area contributed by atoms with Crippen molar-refractivity contribution in [2.45, 2.75) is 44.6 Å². The van der Waals surface area contributed by atoms with Gasteiger partial charge in [0.05, 0.1) is 18.4 Å². The third kappa shape index (κ3) is 3.60. The molecule has 0 amide bonds. The molecule has 2 fully saturated rings. The van der Waals surface area contributed by atoms with E-state index in [-0.39, 0.29) is 0 Å². The number of rotatable bonds is 5. The van der Waals surface area contributed by atoms with Gasteiger partial charge in [-0.2, -0.15) is 0 Å². The summed E-state index contributed by atoms with van der Waals surface area (Å²) in [5.74, 6) is 0.894. The number of nitrogens with zero attached hydrogens (tertiary/aromatic N) is 2. The second-order valence-electron chi connectivity index (χ2n) is 6.63. The zero-order chi connectivity index (χ0) is 16.2. The number of morpholine rings is 1. The molecule has 4 heteroatoms. The summed E-state index contributed by atoms with van der Waals surface area (Å²) in [4.78, 5) is 6.86. The Morgan fingerprint density at radius 2 is 2.04 bits per heavy atom. The van der Waals surface area contributed by atoms with Crippen molar-refractivity contribution >= 4 is 0 Å². The van der Waals surface area contributed by atoms with Gasteiger partial charge in [0.2, 0.25) is 0 Å². The Bertz CT molecular complexity index is 644. The second-order valence-corrected chi connectivity index (χ2v) is 6.63.